The Hall–Kier alpha value is -3.72. The van der Waals surface area contributed by atoms with E-state index in [2.05, 4.69) is 75.6 Å². The molecule has 0 spiro atoms. The molecule has 1 aliphatic heterocycles. The van der Waals surface area contributed by atoms with Crippen molar-refractivity contribution in [3.8, 4) is 11.1 Å². The summed E-state index contributed by atoms with van der Waals surface area (Å²) in [5, 5.41) is 5.62. The number of fused-ring (bicyclic) bond motifs is 2. The van der Waals surface area contributed by atoms with Crippen LogP contribution in [-0.4, -0.2) is 62.3 Å². The molecule has 3 aromatic heterocycles. The van der Waals surface area contributed by atoms with Crippen molar-refractivity contribution in [1.29, 1.82) is 0 Å². The van der Waals surface area contributed by atoms with E-state index in [0.717, 1.165) is 50.5 Å². The van der Waals surface area contributed by atoms with Crippen molar-refractivity contribution in [2.75, 3.05) is 37.6 Å². The molecule has 37 heavy (non-hydrogen) atoms. The first-order valence-corrected chi connectivity index (χ1v) is 12.2. The molecular formula is C28H31ClN6O2. The predicted octanol–water partition coefficient (Wildman–Crippen LogP) is 3.52. The van der Waals surface area contributed by atoms with E-state index in [1.165, 1.54) is 16.5 Å². The van der Waals surface area contributed by atoms with Crippen LogP contribution in [0.3, 0.4) is 0 Å². The van der Waals surface area contributed by atoms with E-state index in [-0.39, 0.29) is 23.6 Å². The molecule has 6 rings (SSSR count). The van der Waals surface area contributed by atoms with Gasteiger partial charge in [-0.3, -0.25) is 9.30 Å². The molecule has 0 amide bonds. The summed E-state index contributed by atoms with van der Waals surface area (Å²) in [5.41, 5.74) is 4.11. The molecule has 1 fully saturated rings. The molecule has 0 unspecified atom stereocenters. The Morgan fingerprint density at radius 3 is 2.32 bits per heavy atom. The van der Waals surface area contributed by atoms with Gasteiger partial charge in [-0.1, -0.05) is 54.6 Å². The van der Waals surface area contributed by atoms with E-state index in [4.69, 9.17) is 4.98 Å². The SMILES string of the molecule is Cl.O.O=c1n(CCCN2CCN(c3cc(-c4ccccc4)c4ccccc4n3)CC2)nc2ccccn12. The molecule has 1 aliphatic rings. The number of hydrogen-bond acceptors (Lipinski definition) is 5. The maximum absolute atomic E-state index is 12.5. The zero-order valence-corrected chi connectivity index (χ0v) is 21.3. The van der Waals surface area contributed by atoms with Gasteiger partial charge in [0.05, 0.1) is 5.52 Å². The fourth-order valence-corrected chi connectivity index (χ4v) is 4.94. The monoisotopic (exact) mass is 518 g/mol. The summed E-state index contributed by atoms with van der Waals surface area (Å²) in [6.07, 6.45) is 2.67. The molecule has 9 heteroatoms. The Labute approximate surface area is 221 Å². The second-order valence-corrected chi connectivity index (χ2v) is 9.03. The van der Waals surface area contributed by atoms with Crippen molar-refractivity contribution in [2.45, 2.75) is 13.0 Å². The Kier molecular flexibility index (Phi) is 8.23. The molecule has 5 aromatic rings. The molecule has 4 heterocycles. The molecule has 0 bridgehead atoms. The van der Waals surface area contributed by atoms with Crippen LogP contribution >= 0.6 is 12.4 Å². The number of piperazine rings is 1. The van der Waals surface area contributed by atoms with E-state index >= 15 is 0 Å². The average molecular weight is 519 g/mol. The van der Waals surface area contributed by atoms with Crippen LogP contribution in [0, 0.1) is 0 Å². The number of hydrogen-bond donors (Lipinski definition) is 0. The Balaban J connectivity index is 0.00000160. The fraction of sp³-hybridized carbons (Fsp3) is 0.250. The van der Waals surface area contributed by atoms with Gasteiger partial charge in [-0.15, -0.1) is 17.5 Å². The highest BCUT2D eigenvalue weighted by Crippen LogP contribution is 2.31. The van der Waals surface area contributed by atoms with Crippen LogP contribution in [0.5, 0.6) is 0 Å². The van der Waals surface area contributed by atoms with Crippen molar-refractivity contribution in [3.05, 3.63) is 95.5 Å². The number of nitrogens with zero attached hydrogens (tertiary/aromatic N) is 6. The molecule has 0 radical (unpaired) electrons. The summed E-state index contributed by atoms with van der Waals surface area (Å²) in [6, 6.07) is 26.8. The van der Waals surface area contributed by atoms with Crippen LogP contribution in [0.25, 0.3) is 27.7 Å². The van der Waals surface area contributed by atoms with E-state index in [1.807, 2.05) is 18.2 Å². The number of halogens is 1. The molecular weight excluding hydrogens is 488 g/mol. The minimum absolute atomic E-state index is 0. The van der Waals surface area contributed by atoms with E-state index < -0.39 is 0 Å². The zero-order valence-electron chi connectivity index (χ0n) is 20.5. The lowest BCUT2D eigenvalue weighted by Crippen LogP contribution is -2.47. The number of rotatable bonds is 6. The van der Waals surface area contributed by atoms with Gasteiger partial charge >= 0.3 is 5.69 Å². The maximum atomic E-state index is 12.5. The minimum atomic E-state index is -0.0676. The predicted molar refractivity (Wildman–Crippen MR) is 151 cm³/mol. The van der Waals surface area contributed by atoms with Gasteiger partial charge < -0.3 is 10.4 Å². The normalized spacial score (nSPS) is 13.9. The summed E-state index contributed by atoms with van der Waals surface area (Å²) in [6.45, 7) is 5.42. The quantitative estimate of drug-likeness (QED) is 0.343. The number of para-hydroxylation sites is 1. The van der Waals surface area contributed by atoms with Crippen LogP contribution in [0.1, 0.15) is 6.42 Å². The van der Waals surface area contributed by atoms with Crippen LogP contribution in [-0.2, 0) is 6.54 Å². The summed E-state index contributed by atoms with van der Waals surface area (Å²) in [7, 11) is 0. The molecule has 2 N–H and O–H groups in total. The summed E-state index contributed by atoms with van der Waals surface area (Å²) in [4.78, 5) is 22.3. The van der Waals surface area contributed by atoms with Crippen LogP contribution in [0.4, 0.5) is 5.82 Å². The van der Waals surface area contributed by atoms with Gasteiger partial charge in [-0.05, 0) is 41.8 Å². The van der Waals surface area contributed by atoms with E-state index in [9.17, 15) is 4.79 Å². The number of benzene rings is 2. The van der Waals surface area contributed by atoms with Crippen molar-refractivity contribution >= 4 is 34.8 Å². The molecule has 2 aromatic carbocycles. The first-order chi connectivity index (χ1) is 17.3. The Morgan fingerprint density at radius 1 is 0.811 bits per heavy atom. The molecule has 0 atom stereocenters. The maximum Gasteiger partial charge on any atom is 0.350 e. The van der Waals surface area contributed by atoms with Crippen molar-refractivity contribution in [2.24, 2.45) is 0 Å². The highest BCUT2D eigenvalue weighted by atomic mass is 35.5. The van der Waals surface area contributed by atoms with Gasteiger partial charge in [0.1, 0.15) is 5.82 Å². The molecule has 8 nitrogen and oxygen atoms in total. The second kappa shape index (κ2) is 11.6. The lowest BCUT2D eigenvalue weighted by Gasteiger charge is -2.35. The van der Waals surface area contributed by atoms with E-state index in [1.54, 1.807) is 15.3 Å². The van der Waals surface area contributed by atoms with Gasteiger partial charge in [-0.25, -0.2) is 14.5 Å². The lowest BCUT2D eigenvalue weighted by atomic mass is 10.0. The third kappa shape index (κ3) is 5.36. The Morgan fingerprint density at radius 2 is 1.54 bits per heavy atom. The van der Waals surface area contributed by atoms with Gasteiger partial charge in [0.2, 0.25) is 0 Å². The highest BCUT2D eigenvalue weighted by Gasteiger charge is 2.19. The highest BCUT2D eigenvalue weighted by molar-refractivity contribution is 5.96. The van der Waals surface area contributed by atoms with Crippen molar-refractivity contribution in [1.82, 2.24) is 24.1 Å². The van der Waals surface area contributed by atoms with Gasteiger partial charge in [0.15, 0.2) is 5.65 Å². The number of aromatic nitrogens is 4. The summed E-state index contributed by atoms with van der Waals surface area (Å²) < 4.78 is 3.18. The summed E-state index contributed by atoms with van der Waals surface area (Å²) >= 11 is 0. The van der Waals surface area contributed by atoms with Crippen molar-refractivity contribution < 1.29 is 5.48 Å². The minimum Gasteiger partial charge on any atom is -0.412 e. The summed E-state index contributed by atoms with van der Waals surface area (Å²) in [5.74, 6) is 1.04. The lowest BCUT2D eigenvalue weighted by molar-refractivity contribution is 0.248. The van der Waals surface area contributed by atoms with E-state index in [0.29, 0.717) is 12.2 Å². The molecule has 0 saturated carbocycles. The molecule has 192 valence electrons. The number of anilines is 1. The molecule has 0 aliphatic carbocycles. The number of pyridine rings is 2. The zero-order chi connectivity index (χ0) is 23.6. The fourth-order valence-electron chi connectivity index (χ4n) is 4.94. The van der Waals surface area contributed by atoms with Gasteiger partial charge in [-0.2, -0.15) is 0 Å². The van der Waals surface area contributed by atoms with Crippen LogP contribution < -0.4 is 10.6 Å². The first kappa shape index (κ1) is 26.3. The molecule has 1 saturated heterocycles. The van der Waals surface area contributed by atoms with Crippen molar-refractivity contribution in [3.63, 3.8) is 0 Å². The van der Waals surface area contributed by atoms with Gasteiger partial charge in [0, 0.05) is 50.9 Å². The third-order valence-corrected chi connectivity index (χ3v) is 6.82. The second-order valence-electron chi connectivity index (χ2n) is 9.03. The van der Waals surface area contributed by atoms with Crippen LogP contribution in [0.2, 0.25) is 0 Å². The van der Waals surface area contributed by atoms with Gasteiger partial charge in [0.25, 0.3) is 0 Å². The smallest absolute Gasteiger partial charge is 0.350 e. The third-order valence-electron chi connectivity index (χ3n) is 6.82. The standard InChI is InChI=1S/C28H28N6O.ClH.H2O/c35-28-33-15-7-6-13-26(33)30-34(28)16-8-14-31-17-19-32(20-18-31)27-21-24(22-9-2-1-3-10-22)23-11-4-5-12-25(23)29-27;;/h1-7,9-13,15,21H,8,14,16-20H2;1H;1H2. The first-order valence-electron chi connectivity index (χ1n) is 12.2. The Bertz CT molecular complexity index is 1530. The number of aryl methyl sites for hydroxylation is 1. The average Bonchev–Trinajstić information content (AvgIpc) is 3.24. The topological polar surface area (TPSA) is 90.2 Å². The van der Waals surface area contributed by atoms with Crippen LogP contribution in [0.15, 0.2) is 89.9 Å². The largest absolute Gasteiger partial charge is 0.412 e.